The van der Waals surface area contributed by atoms with Crippen LogP contribution in [0.3, 0.4) is 0 Å². The van der Waals surface area contributed by atoms with Crippen molar-refractivity contribution in [3.63, 3.8) is 0 Å². The predicted molar refractivity (Wildman–Crippen MR) is 104 cm³/mol. The topological polar surface area (TPSA) is 37.3 Å². The van der Waals surface area contributed by atoms with Crippen LogP contribution in [-0.2, 0) is 0 Å². The average molecular weight is 346 g/mol. The third-order valence-electron chi connectivity index (χ3n) is 4.41. The highest BCUT2D eigenvalue weighted by molar-refractivity contribution is 5.99. The van der Waals surface area contributed by atoms with Crippen molar-refractivity contribution in [2.75, 3.05) is 0 Å². The van der Waals surface area contributed by atoms with Gasteiger partial charge in [0.25, 0.3) is 0 Å². The van der Waals surface area contributed by atoms with Gasteiger partial charge in [0.05, 0.1) is 5.56 Å². The summed E-state index contributed by atoms with van der Waals surface area (Å²) in [4.78, 5) is 11.7. The molecule has 0 bridgehead atoms. The van der Waals surface area contributed by atoms with Gasteiger partial charge in [0.1, 0.15) is 0 Å². The van der Waals surface area contributed by atoms with Gasteiger partial charge in [-0.2, -0.15) is 0 Å². The van der Waals surface area contributed by atoms with Gasteiger partial charge in [-0.05, 0) is 28.3 Å². The second kappa shape index (κ2) is 7.36. The summed E-state index contributed by atoms with van der Waals surface area (Å²) in [7, 11) is 0. The lowest BCUT2D eigenvalue weighted by Gasteiger charge is -2.10. The molecule has 3 heteroatoms. The van der Waals surface area contributed by atoms with E-state index in [1.165, 1.54) is 12.1 Å². The van der Waals surface area contributed by atoms with E-state index in [0.717, 1.165) is 16.7 Å². The number of Topliss-reactive ketones (excluding diaryl/α,β-unsaturated/α-hetero) is 1. The molecule has 2 nitrogen and oxygen atoms in total. The minimum Gasteiger partial charge on any atom is -0.504 e. The summed E-state index contributed by atoms with van der Waals surface area (Å²) in [5, 5.41) is 10.0. The number of rotatable bonds is 5. The summed E-state index contributed by atoms with van der Waals surface area (Å²) in [6.07, 6.45) is 2.00. The maximum absolute atomic E-state index is 14.5. The molecule has 0 atom stereocenters. The Balaban J connectivity index is 1.94. The Morgan fingerprint density at radius 1 is 0.962 bits per heavy atom. The van der Waals surface area contributed by atoms with Gasteiger partial charge < -0.3 is 5.11 Å². The van der Waals surface area contributed by atoms with Gasteiger partial charge in [-0.25, -0.2) is 4.39 Å². The predicted octanol–water partition coefficient (Wildman–Crippen LogP) is 6.10. The Labute approximate surface area is 152 Å². The van der Waals surface area contributed by atoms with Crippen LogP contribution in [0.15, 0.2) is 67.2 Å². The van der Waals surface area contributed by atoms with E-state index in [-0.39, 0.29) is 23.3 Å². The molecule has 0 heterocycles. The molecule has 1 N–H and O–H groups in total. The maximum atomic E-state index is 14.5. The number of benzene rings is 3. The molecular formula is C23H19FO2. The van der Waals surface area contributed by atoms with Gasteiger partial charge >= 0.3 is 0 Å². The summed E-state index contributed by atoms with van der Waals surface area (Å²) in [6, 6.07) is 18.4. The molecule has 3 aromatic rings. The first-order valence-corrected chi connectivity index (χ1v) is 8.43. The van der Waals surface area contributed by atoms with E-state index >= 15 is 0 Å². The van der Waals surface area contributed by atoms with E-state index < -0.39 is 11.6 Å². The lowest BCUT2D eigenvalue weighted by molar-refractivity contribution is 0.0985. The molecule has 0 amide bonds. The fourth-order valence-corrected chi connectivity index (χ4v) is 2.86. The lowest BCUT2D eigenvalue weighted by Crippen LogP contribution is -1.99. The Kier molecular flexibility index (Phi) is 4.99. The number of aromatic hydroxyl groups is 1. The van der Waals surface area contributed by atoms with Gasteiger partial charge in [-0.1, -0.05) is 74.2 Å². The number of ketones is 1. The Bertz CT molecular complexity index is 955. The third-order valence-corrected chi connectivity index (χ3v) is 4.41. The highest BCUT2D eigenvalue weighted by Gasteiger charge is 2.17. The lowest BCUT2D eigenvalue weighted by atomic mass is 9.97. The third kappa shape index (κ3) is 3.29. The highest BCUT2D eigenvalue weighted by Crippen LogP contribution is 2.33. The van der Waals surface area contributed by atoms with E-state index in [1.807, 2.05) is 36.4 Å². The van der Waals surface area contributed by atoms with Gasteiger partial charge in [-0.3, -0.25) is 4.79 Å². The van der Waals surface area contributed by atoms with Gasteiger partial charge in [0, 0.05) is 12.0 Å². The molecule has 0 spiro atoms. The van der Waals surface area contributed by atoms with Crippen molar-refractivity contribution >= 4 is 11.9 Å². The van der Waals surface area contributed by atoms with Crippen molar-refractivity contribution < 1.29 is 14.3 Å². The van der Waals surface area contributed by atoms with Crippen LogP contribution in [0.2, 0.25) is 0 Å². The summed E-state index contributed by atoms with van der Waals surface area (Å²) in [6.45, 7) is 5.41. The molecular weight excluding hydrogens is 327 g/mol. The van der Waals surface area contributed by atoms with Crippen LogP contribution in [0.25, 0.3) is 28.3 Å². The van der Waals surface area contributed by atoms with E-state index in [4.69, 9.17) is 0 Å². The molecule has 0 fully saturated rings. The van der Waals surface area contributed by atoms with E-state index in [1.54, 1.807) is 25.1 Å². The second-order valence-electron chi connectivity index (χ2n) is 6.00. The normalized spacial score (nSPS) is 10.5. The van der Waals surface area contributed by atoms with Gasteiger partial charge in [0.15, 0.2) is 17.3 Å². The zero-order valence-electron chi connectivity index (χ0n) is 14.5. The smallest absolute Gasteiger partial charge is 0.173 e. The van der Waals surface area contributed by atoms with Crippen LogP contribution in [0.1, 0.15) is 29.3 Å². The molecule has 0 aliphatic rings. The van der Waals surface area contributed by atoms with Crippen LogP contribution < -0.4 is 0 Å². The van der Waals surface area contributed by atoms with Gasteiger partial charge in [0.2, 0.25) is 0 Å². The largest absolute Gasteiger partial charge is 0.504 e. The van der Waals surface area contributed by atoms with Crippen LogP contribution in [0.4, 0.5) is 4.39 Å². The molecule has 0 saturated carbocycles. The molecule has 3 aromatic carbocycles. The Morgan fingerprint density at radius 2 is 1.50 bits per heavy atom. The van der Waals surface area contributed by atoms with Crippen LogP contribution in [0, 0.1) is 5.82 Å². The summed E-state index contributed by atoms with van der Waals surface area (Å²) >= 11 is 0. The van der Waals surface area contributed by atoms with Crippen molar-refractivity contribution in [1.82, 2.24) is 0 Å². The van der Waals surface area contributed by atoms with Crippen LogP contribution in [-0.4, -0.2) is 10.9 Å². The van der Waals surface area contributed by atoms with E-state index in [0.29, 0.717) is 5.56 Å². The maximum Gasteiger partial charge on any atom is 0.173 e. The molecule has 0 radical (unpaired) electrons. The zero-order chi connectivity index (χ0) is 18.7. The summed E-state index contributed by atoms with van der Waals surface area (Å²) in [5.74, 6) is -1.64. The average Bonchev–Trinajstić information content (AvgIpc) is 2.69. The standard InChI is InChI=1S/C23H19FO2/c1-3-15-5-7-16(8-6-15)17-9-11-18(12-10-17)19-13-14-20(21(25)4-2)23(26)22(19)24/h3,5-14,26H,1,4H2,2H3. The summed E-state index contributed by atoms with van der Waals surface area (Å²) < 4.78 is 14.5. The molecule has 0 unspecified atom stereocenters. The van der Waals surface area contributed by atoms with Crippen molar-refractivity contribution in [1.29, 1.82) is 0 Å². The first kappa shape index (κ1) is 17.6. The highest BCUT2D eigenvalue weighted by atomic mass is 19.1. The molecule has 0 aromatic heterocycles. The van der Waals surface area contributed by atoms with Crippen molar-refractivity contribution in [3.8, 4) is 28.0 Å². The fourth-order valence-electron chi connectivity index (χ4n) is 2.86. The number of halogens is 1. The monoisotopic (exact) mass is 346 g/mol. The number of phenolic OH excluding ortho intramolecular Hbond substituents is 1. The minimum atomic E-state index is -0.771. The quantitative estimate of drug-likeness (QED) is 0.567. The first-order valence-electron chi connectivity index (χ1n) is 8.43. The van der Waals surface area contributed by atoms with Crippen molar-refractivity contribution in [2.45, 2.75) is 13.3 Å². The molecule has 26 heavy (non-hydrogen) atoms. The SMILES string of the molecule is C=Cc1ccc(-c2ccc(-c3ccc(C(=O)CC)c(O)c3F)cc2)cc1. The molecule has 130 valence electrons. The van der Waals surface area contributed by atoms with Gasteiger partial charge in [-0.15, -0.1) is 0 Å². The fraction of sp³-hybridized carbons (Fsp3) is 0.0870. The molecule has 3 rings (SSSR count). The Hall–Kier alpha value is -3.20. The first-order chi connectivity index (χ1) is 12.5. The van der Waals surface area contributed by atoms with Crippen LogP contribution >= 0.6 is 0 Å². The number of carbonyl (C=O) groups excluding carboxylic acids is 1. The molecule has 0 aliphatic heterocycles. The number of carbonyl (C=O) groups is 1. The van der Waals surface area contributed by atoms with E-state index in [9.17, 15) is 14.3 Å². The number of hydrogen-bond acceptors (Lipinski definition) is 2. The van der Waals surface area contributed by atoms with Crippen molar-refractivity contribution in [3.05, 3.63) is 84.2 Å². The minimum absolute atomic E-state index is 0.0210. The number of hydrogen-bond donors (Lipinski definition) is 1. The molecule has 0 saturated heterocycles. The number of phenols is 1. The van der Waals surface area contributed by atoms with Crippen molar-refractivity contribution in [2.24, 2.45) is 0 Å². The summed E-state index contributed by atoms with van der Waals surface area (Å²) in [5.41, 5.74) is 4.03. The zero-order valence-corrected chi connectivity index (χ0v) is 14.5. The van der Waals surface area contributed by atoms with Crippen LogP contribution in [0.5, 0.6) is 5.75 Å². The Morgan fingerprint density at radius 3 is 2.04 bits per heavy atom. The molecule has 0 aliphatic carbocycles. The van der Waals surface area contributed by atoms with E-state index in [2.05, 4.69) is 6.58 Å². The second-order valence-corrected chi connectivity index (χ2v) is 6.00.